The van der Waals surface area contributed by atoms with Crippen LogP contribution < -0.4 is 5.73 Å². The molecule has 28 heteroatoms. The van der Waals surface area contributed by atoms with Gasteiger partial charge in [0.05, 0.1) is 47.6 Å². The molecule has 8 heterocycles. The van der Waals surface area contributed by atoms with Crippen molar-refractivity contribution in [2.45, 2.75) is 172 Å². The molecule has 0 spiro atoms. The Bertz CT molecular complexity index is 4680. The highest BCUT2D eigenvalue weighted by molar-refractivity contribution is 9.11. The minimum atomic E-state index is -2.49. The Morgan fingerprint density at radius 2 is 1.10 bits per heavy atom. The van der Waals surface area contributed by atoms with Crippen molar-refractivity contribution in [3.05, 3.63) is 213 Å². The molecule has 1 atom stereocenters. The molecule has 2 aliphatic rings. The van der Waals surface area contributed by atoms with Crippen LogP contribution in [0.15, 0.2) is 146 Å². The molecule has 9 aromatic rings. The van der Waals surface area contributed by atoms with E-state index >= 15 is 0 Å². The van der Waals surface area contributed by atoms with Crippen molar-refractivity contribution in [3.8, 4) is 34.0 Å². The number of pyridine rings is 5. The van der Waals surface area contributed by atoms with Crippen LogP contribution >= 0.6 is 75.3 Å². The largest absolute Gasteiger partial charge is 0.476 e. The Morgan fingerprint density at radius 1 is 0.609 bits per heavy atom. The van der Waals surface area contributed by atoms with Crippen LogP contribution in [-0.4, -0.2) is 133 Å². The second-order valence-electron chi connectivity index (χ2n) is 26.9. The van der Waals surface area contributed by atoms with Crippen LogP contribution in [0.25, 0.3) is 34.0 Å². The van der Waals surface area contributed by atoms with E-state index < -0.39 is 46.6 Å². The number of carbonyl (C=O) groups excluding carboxylic acids is 6. The molecule has 3 N–H and O–H groups in total. The van der Waals surface area contributed by atoms with Gasteiger partial charge in [0.15, 0.2) is 23.0 Å². The summed E-state index contributed by atoms with van der Waals surface area (Å²) in [4.78, 5) is 104. The highest BCUT2D eigenvalue weighted by Crippen LogP contribution is 2.38. The van der Waals surface area contributed by atoms with Crippen molar-refractivity contribution < 1.29 is 56.9 Å². The van der Waals surface area contributed by atoms with Crippen molar-refractivity contribution in [3.63, 3.8) is 0 Å². The summed E-state index contributed by atoms with van der Waals surface area (Å²) in [6, 6.07) is 40.2. The average Bonchev–Trinajstić information content (AvgIpc) is 1.55. The van der Waals surface area contributed by atoms with Gasteiger partial charge in [-0.2, -0.15) is 10.2 Å². The minimum Gasteiger partial charge on any atom is -0.476 e. The molecule has 2 aromatic carbocycles. The SMILES string of the molecule is CC(C)CN.CCC(=O)c1cccc(Br)n1.CCOC(=O)C(=O)C(C)C(=O)c1cccc(Br)n1.CCOC(=O)c1nn(C(C)C)c(-c2cccc(Br)n2)c1C.Cc1cccc(-c2cccc(-c3c(C)c(C(=O)O)nn3C(C)C)n2)c1CCc1ccc2c(c1)CCN(C1CCC(F)(F)CC1)C2.O=C(Cl)c1cccc(Br)n1. The Labute approximate surface area is 680 Å². The van der Waals surface area contributed by atoms with Gasteiger partial charge in [-0.3, -0.25) is 33.4 Å². The van der Waals surface area contributed by atoms with E-state index in [-0.39, 0.29) is 60.4 Å². The molecule has 1 fully saturated rings. The predicted molar refractivity (Wildman–Crippen MR) is 437 cm³/mol. The number of carbonyl (C=O) groups is 7. The van der Waals surface area contributed by atoms with Crippen molar-refractivity contribution in [1.29, 1.82) is 0 Å². The van der Waals surface area contributed by atoms with E-state index in [0.29, 0.717) is 68.2 Å². The smallest absolute Gasteiger partial charge is 0.375 e. The lowest BCUT2D eigenvalue weighted by Crippen LogP contribution is -2.43. The van der Waals surface area contributed by atoms with E-state index in [0.717, 1.165) is 77.4 Å². The molecule has 21 nitrogen and oxygen atoms in total. The fourth-order valence-corrected chi connectivity index (χ4v) is 13.3. The van der Waals surface area contributed by atoms with Crippen LogP contribution in [0.4, 0.5) is 8.78 Å². The molecule has 11 rings (SSSR count). The molecule has 586 valence electrons. The first-order valence-electron chi connectivity index (χ1n) is 36.2. The quantitative estimate of drug-likeness (QED) is 0.0169. The summed E-state index contributed by atoms with van der Waals surface area (Å²) in [5.74, 6) is -6.64. The number of aryl methyl sites for hydroxylation is 2. The van der Waals surface area contributed by atoms with Crippen molar-refractivity contribution in [2.75, 3.05) is 26.3 Å². The van der Waals surface area contributed by atoms with E-state index in [4.69, 9.17) is 27.1 Å². The second kappa shape index (κ2) is 43.5. The molecule has 0 amide bonds. The molecule has 110 heavy (non-hydrogen) atoms. The number of benzene rings is 2. The molecular formula is C82H94Br4ClF2N11O10. The number of carboxylic acid groups (broad SMARTS) is 1. The zero-order chi connectivity index (χ0) is 81.3. The predicted octanol–water partition coefficient (Wildman–Crippen LogP) is 19.1. The van der Waals surface area contributed by atoms with Crippen LogP contribution in [0.3, 0.4) is 0 Å². The lowest BCUT2D eigenvalue weighted by atomic mass is 9.88. The van der Waals surface area contributed by atoms with E-state index in [2.05, 4.69) is 161 Å². The third-order valence-corrected chi connectivity index (χ3v) is 19.7. The average molecular weight is 1790 g/mol. The number of aromatic nitrogens is 9. The van der Waals surface area contributed by atoms with Crippen molar-refractivity contribution >= 4 is 116 Å². The molecule has 1 aliphatic heterocycles. The van der Waals surface area contributed by atoms with Gasteiger partial charge in [-0.15, -0.1) is 0 Å². The maximum absolute atomic E-state index is 13.7. The number of halogens is 7. The maximum atomic E-state index is 13.7. The fraction of sp³-hybridized carbons (Fsp3) is 0.390. The standard InChI is InChI=1S/C37H42F2N4O2.C15H18BrN3O2.C12H12BrNO4.C8H8BrNO.C6H3BrClNO.C4H11N/c1-23(2)43-35(25(4)34(41-43)36(44)45)33-10-6-9-32(40-33)31-8-5-7-24(3)30(31)14-12-26-11-13-28-22-42(20-17-27(28)21-26)29-15-18-37(38,39)19-16-29;1-5-21-15(20)13-10(4)14(19(18-13)9(2)3)11-7-6-8-12(16)17-11;1-3-18-12(17)11(16)7(2)10(15)8-5-4-6-9(13)14-8;1-2-7(11)6-4-3-5-8(9)10-6;7-5-3-1-2-4(9-5)6(8)10;1-4(2)3-5/h5-11,13,21,23,29H,12,14-20,22H2,1-4H3,(H,44,45);6-9H,5H2,1-4H3;4-7H,3H2,1-2H3;3-5H,2H2,1H3;1-3H;4H,3,5H2,1-2H3. The Morgan fingerprint density at radius 3 is 1.62 bits per heavy atom. The summed E-state index contributed by atoms with van der Waals surface area (Å²) in [5, 5.41) is 18.0. The number of aromatic carboxylic acids is 1. The monoisotopic (exact) mass is 1780 g/mol. The number of fused-ring (bicyclic) bond motifs is 1. The molecule has 0 saturated heterocycles. The number of Topliss-reactive ketones (excluding diaryl/α,β-unsaturated/α-hetero) is 3. The van der Waals surface area contributed by atoms with Crippen LogP contribution in [0.2, 0.25) is 0 Å². The first-order chi connectivity index (χ1) is 52.1. The molecule has 1 unspecified atom stereocenters. The van der Waals surface area contributed by atoms with Crippen molar-refractivity contribution in [2.24, 2.45) is 17.6 Å². The van der Waals surface area contributed by atoms with E-state index in [9.17, 15) is 47.4 Å². The normalized spacial score (nSPS) is 13.2. The number of ketones is 3. The van der Waals surface area contributed by atoms with E-state index in [1.165, 1.54) is 40.8 Å². The number of alkyl halides is 2. The molecular weight excluding hydrogens is 1690 g/mol. The zero-order valence-electron chi connectivity index (χ0n) is 64.0. The molecule has 0 bridgehead atoms. The number of nitrogens with two attached hydrogens (primary N) is 1. The zero-order valence-corrected chi connectivity index (χ0v) is 71.1. The summed E-state index contributed by atoms with van der Waals surface area (Å²) in [6.45, 7) is 27.6. The maximum Gasteiger partial charge on any atom is 0.375 e. The Hall–Kier alpha value is -8.31. The van der Waals surface area contributed by atoms with Gasteiger partial charge in [0.25, 0.3) is 11.0 Å². The molecule has 0 radical (unpaired) electrons. The second-order valence-corrected chi connectivity index (χ2v) is 30.5. The molecule has 1 saturated carbocycles. The lowest BCUT2D eigenvalue weighted by molar-refractivity contribution is -0.154. The van der Waals surface area contributed by atoms with Gasteiger partial charge >= 0.3 is 17.9 Å². The van der Waals surface area contributed by atoms with Crippen LogP contribution in [0.5, 0.6) is 0 Å². The first kappa shape index (κ1) is 90.6. The number of nitrogens with zero attached hydrogens (tertiary/aromatic N) is 10. The summed E-state index contributed by atoms with van der Waals surface area (Å²) in [5.41, 5.74) is 19.3. The van der Waals surface area contributed by atoms with E-state index in [1.807, 2.05) is 82.6 Å². The number of carboxylic acids is 1. The topological polar surface area (TPSA) is 288 Å². The van der Waals surface area contributed by atoms with Gasteiger partial charge in [0.2, 0.25) is 5.92 Å². The van der Waals surface area contributed by atoms with Gasteiger partial charge in [0.1, 0.15) is 35.5 Å². The number of hydrogen-bond acceptors (Lipinski definition) is 18. The highest BCUT2D eigenvalue weighted by atomic mass is 79.9. The van der Waals surface area contributed by atoms with Gasteiger partial charge in [-0.25, -0.2) is 48.1 Å². The Balaban J connectivity index is 0.000000240. The van der Waals surface area contributed by atoms with Gasteiger partial charge in [0, 0.05) is 67.2 Å². The summed E-state index contributed by atoms with van der Waals surface area (Å²) in [6.07, 6.45) is 4.41. The highest BCUT2D eigenvalue weighted by Gasteiger charge is 2.38. The van der Waals surface area contributed by atoms with Gasteiger partial charge in [-0.1, -0.05) is 87.5 Å². The van der Waals surface area contributed by atoms with Crippen LogP contribution in [-0.2, 0) is 44.9 Å². The van der Waals surface area contributed by atoms with Crippen molar-refractivity contribution in [1.82, 2.24) is 49.4 Å². The third kappa shape index (κ3) is 26.2. The lowest BCUT2D eigenvalue weighted by Gasteiger charge is -2.39. The van der Waals surface area contributed by atoms with Gasteiger partial charge < -0.3 is 20.3 Å². The summed E-state index contributed by atoms with van der Waals surface area (Å²) in [7, 11) is 0. The number of esters is 2. The van der Waals surface area contributed by atoms with Crippen LogP contribution in [0, 0.1) is 32.6 Å². The minimum absolute atomic E-state index is 0.00856. The van der Waals surface area contributed by atoms with E-state index in [1.54, 1.807) is 74.0 Å². The fourth-order valence-electron chi connectivity index (χ4n) is 11.8. The summed E-state index contributed by atoms with van der Waals surface area (Å²) >= 11 is 18.0. The Kier molecular flexibility index (Phi) is 35.8. The third-order valence-electron chi connectivity index (χ3n) is 17.7. The first-order valence-corrected chi connectivity index (χ1v) is 39.7. The van der Waals surface area contributed by atoms with Gasteiger partial charge in [-0.05, 0) is 278 Å². The van der Waals surface area contributed by atoms with Crippen LogP contribution in [0.1, 0.15) is 205 Å². The number of hydrogen-bond donors (Lipinski definition) is 2. The summed E-state index contributed by atoms with van der Waals surface area (Å²) < 4.78 is 43.1. The molecule has 7 aromatic heterocycles. The molecule has 1 aliphatic carbocycles. The number of rotatable bonds is 21. The number of ether oxygens (including phenoxy) is 2.